The van der Waals surface area contributed by atoms with Crippen LogP contribution >= 0.6 is 23.4 Å². The summed E-state index contributed by atoms with van der Waals surface area (Å²) in [5, 5.41) is 18.4. The molecule has 2 N–H and O–H groups in total. The molecule has 1 fully saturated rings. The van der Waals surface area contributed by atoms with Crippen LogP contribution in [0, 0.1) is 11.3 Å². The van der Waals surface area contributed by atoms with Crippen LogP contribution in [0.25, 0.3) is 22.0 Å². The maximum Gasteiger partial charge on any atom is 0.103 e. The van der Waals surface area contributed by atoms with Gasteiger partial charge in [-0.1, -0.05) is 78.0 Å². The van der Waals surface area contributed by atoms with Crippen molar-refractivity contribution < 1.29 is 4.74 Å². The van der Waals surface area contributed by atoms with E-state index in [9.17, 15) is 5.26 Å². The molecule has 0 saturated carbocycles. The minimum Gasteiger partial charge on any atom is -0.379 e. The van der Waals surface area contributed by atoms with Gasteiger partial charge in [-0.15, -0.1) is 0 Å². The Kier molecular flexibility index (Phi) is 10.1. The number of benzene rings is 4. The topological polar surface area (TPSA) is 73.2 Å². The van der Waals surface area contributed by atoms with E-state index in [1.54, 1.807) is 18.0 Å². The van der Waals surface area contributed by atoms with Gasteiger partial charge in [0.25, 0.3) is 0 Å². The van der Waals surface area contributed by atoms with E-state index in [-0.39, 0.29) is 0 Å². The molecule has 1 aliphatic rings. The molecule has 0 unspecified atom stereocenters. The summed E-state index contributed by atoms with van der Waals surface area (Å²) >= 11 is 8.28. The number of halogens is 1. The van der Waals surface area contributed by atoms with E-state index in [0.29, 0.717) is 10.6 Å². The maximum absolute atomic E-state index is 9.86. The van der Waals surface area contributed by atoms with Crippen LogP contribution < -0.4 is 10.6 Å². The summed E-state index contributed by atoms with van der Waals surface area (Å²) in [7, 11) is 0. The molecule has 0 amide bonds. The normalized spacial score (nSPS) is 13.5. The molecule has 2 heterocycles. The third-order valence-corrected chi connectivity index (χ3v) is 9.22. The van der Waals surface area contributed by atoms with Crippen molar-refractivity contribution in [1.82, 2.24) is 15.2 Å². The zero-order chi connectivity index (χ0) is 30.1. The second kappa shape index (κ2) is 14.7. The first-order valence-corrected chi connectivity index (χ1v) is 16.1. The fourth-order valence-corrected chi connectivity index (χ4v) is 6.45. The van der Waals surface area contributed by atoms with Gasteiger partial charge in [0.2, 0.25) is 0 Å². The van der Waals surface area contributed by atoms with Crippen LogP contribution in [0.1, 0.15) is 17.5 Å². The Morgan fingerprint density at radius 2 is 1.73 bits per heavy atom. The SMILES string of the molecule is N#Cc1cnc2cc(-c3ccc(CNCCCN4CCOCC4)cc3)ccc2c1Nc1ccc(Sc2ccccc2)c(Cl)c1. The molecule has 6 nitrogen and oxygen atoms in total. The number of hydrogen-bond donors (Lipinski definition) is 2. The van der Waals surface area contributed by atoms with E-state index < -0.39 is 0 Å². The first kappa shape index (κ1) is 30.1. The second-order valence-corrected chi connectivity index (χ2v) is 12.3. The molecule has 8 heteroatoms. The third kappa shape index (κ3) is 7.59. The van der Waals surface area contributed by atoms with E-state index in [1.807, 2.05) is 42.5 Å². The van der Waals surface area contributed by atoms with Crippen molar-refractivity contribution in [1.29, 1.82) is 5.26 Å². The first-order valence-electron chi connectivity index (χ1n) is 14.9. The molecule has 44 heavy (non-hydrogen) atoms. The van der Waals surface area contributed by atoms with Gasteiger partial charge in [0.1, 0.15) is 6.07 Å². The van der Waals surface area contributed by atoms with E-state index >= 15 is 0 Å². The number of morpholine rings is 1. The number of hydrogen-bond acceptors (Lipinski definition) is 7. The van der Waals surface area contributed by atoms with Crippen molar-refractivity contribution in [2.45, 2.75) is 22.8 Å². The molecular formula is C36H34ClN5OS. The molecule has 0 aliphatic carbocycles. The predicted octanol–water partition coefficient (Wildman–Crippen LogP) is 8.13. The van der Waals surface area contributed by atoms with E-state index in [0.717, 1.165) is 95.6 Å². The highest BCUT2D eigenvalue weighted by molar-refractivity contribution is 7.99. The Bertz CT molecular complexity index is 1750. The Labute approximate surface area is 268 Å². The lowest BCUT2D eigenvalue weighted by Crippen LogP contribution is -2.37. The number of fused-ring (bicyclic) bond motifs is 1. The van der Waals surface area contributed by atoms with Gasteiger partial charge in [-0.25, -0.2) is 0 Å². The van der Waals surface area contributed by atoms with Crippen molar-refractivity contribution in [3.8, 4) is 17.2 Å². The Hall–Kier alpha value is -3.90. The number of nitrogens with zero attached hydrogens (tertiary/aromatic N) is 3. The molecular weight excluding hydrogens is 586 g/mol. The highest BCUT2D eigenvalue weighted by atomic mass is 35.5. The molecule has 0 radical (unpaired) electrons. The lowest BCUT2D eigenvalue weighted by atomic mass is 10.0. The summed E-state index contributed by atoms with van der Waals surface area (Å²) in [6, 6.07) is 33.2. The monoisotopic (exact) mass is 619 g/mol. The third-order valence-electron chi connectivity index (χ3n) is 7.71. The molecule has 0 atom stereocenters. The molecule has 1 aromatic heterocycles. The number of anilines is 2. The lowest BCUT2D eigenvalue weighted by Gasteiger charge is -2.26. The fourth-order valence-electron chi connectivity index (χ4n) is 5.31. The second-order valence-electron chi connectivity index (χ2n) is 10.8. The van der Waals surface area contributed by atoms with Crippen molar-refractivity contribution in [2.24, 2.45) is 0 Å². The minimum absolute atomic E-state index is 0.478. The summed E-state index contributed by atoms with van der Waals surface area (Å²) in [5.41, 5.74) is 6.29. The first-order chi connectivity index (χ1) is 21.7. The number of nitrogens with one attached hydrogen (secondary N) is 2. The molecule has 0 bridgehead atoms. The molecule has 222 valence electrons. The van der Waals surface area contributed by atoms with Crippen LogP contribution in [-0.4, -0.2) is 49.3 Å². The van der Waals surface area contributed by atoms with Gasteiger partial charge in [0.05, 0.1) is 35.0 Å². The summed E-state index contributed by atoms with van der Waals surface area (Å²) in [6.45, 7) is 6.76. The average molecular weight is 620 g/mol. The Balaban J connectivity index is 1.12. The van der Waals surface area contributed by atoms with E-state index in [4.69, 9.17) is 16.3 Å². The number of nitriles is 1. The van der Waals surface area contributed by atoms with Crippen LogP contribution in [0.3, 0.4) is 0 Å². The van der Waals surface area contributed by atoms with Gasteiger partial charge in [0, 0.05) is 46.7 Å². The summed E-state index contributed by atoms with van der Waals surface area (Å²) in [5.74, 6) is 0. The largest absolute Gasteiger partial charge is 0.379 e. The van der Waals surface area contributed by atoms with Gasteiger partial charge in [0.15, 0.2) is 0 Å². The molecule has 4 aromatic carbocycles. The summed E-state index contributed by atoms with van der Waals surface area (Å²) in [6.07, 6.45) is 2.77. The standard InChI is InChI=1S/C36H34ClN5OS/c37-33-22-30(12-14-35(33)44-31-5-2-1-3-6-31)41-36-29(23-38)25-40-34-21-28(11-13-32(34)36)27-9-7-26(8-10-27)24-39-15-4-16-42-17-19-43-20-18-42/h1-3,5-14,21-22,25,39H,4,15-20,24H2,(H,40,41). The number of ether oxygens (including phenoxy) is 1. The number of rotatable bonds is 11. The molecule has 0 spiro atoms. The quantitative estimate of drug-likeness (QED) is 0.145. The van der Waals surface area contributed by atoms with E-state index in [2.05, 4.69) is 75.1 Å². The van der Waals surface area contributed by atoms with Crippen molar-refractivity contribution in [3.05, 3.63) is 113 Å². The smallest absolute Gasteiger partial charge is 0.103 e. The van der Waals surface area contributed by atoms with Gasteiger partial charge in [-0.05, 0) is 72.6 Å². The minimum atomic E-state index is 0.478. The molecule has 1 aliphatic heterocycles. The fraction of sp³-hybridized carbons (Fsp3) is 0.222. The molecule has 6 rings (SSSR count). The summed E-state index contributed by atoms with van der Waals surface area (Å²) < 4.78 is 5.43. The highest BCUT2D eigenvalue weighted by Crippen LogP contribution is 2.37. The van der Waals surface area contributed by atoms with Crippen molar-refractivity contribution in [3.63, 3.8) is 0 Å². The zero-order valence-corrected chi connectivity index (χ0v) is 26.0. The van der Waals surface area contributed by atoms with Gasteiger partial charge < -0.3 is 15.4 Å². The Morgan fingerprint density at radius 1 is 0.932 bits per heavy atom. The zero-order valence-electron chi connectivity index (χ0n) is 24.4. The van der Waals surface area contributed by atoms with Gasteiger partial charge in [-0.2, -0.15) is 5.26 Å². The maximum atomic E-state index is 9.86. The van der Waals surface area contributed by atoms with Crippen LogP contribution in [-0.2, 0) is 11.3 Å². The highest BCUT2D eigenvalue weighted by Gasteiger charge is 2.13. The number of pyridine rings is 1. The molecule has 1 saturated heterocycles. The average Bonchev–Trinajstić information content (AvgIpc) is 3.07. The van der Waals surface area contributed by atoms with Crippen LogP contribution in [0.15, 0.2) is 107 Å². The lowest BCUT2D eigenvalue weighted by molar-refractivity contribution is 0.0374. The van der Waals surface area contributed by atoms with Crippen LogP contribution in [0.4, 0.5) is 11.4 Å². The van der Waals surface area contributed by atoms with Crippen molar-refractivity contribution in [2.75, 3.05) is 44.7 Å². The van der Waals surface area contributed by atoms with E-state index in [1.165, 1.54) is 5.56 Å². The van der Waals surface area contributed by atoms with Crippen LogP contribution in [0.5, 0.6) is 0 Å². The summed E-state index contributed by atoms with van der Waals surface area (Å²) in [4.78, 5) is 9.18. The number of aromatic nitrogens is 1. The van der Waals surface area contributed by atoms with Gasteiger partial charge >= 0.3 is 0 Å². The van der Waals surface area contributed by atoms with Crippen molar-refractivity contribution >= 4 is 45.6 Å². The van der Waals surface area contributed by atoms with Gasteiger partial charge in [-0.3, -0.25) is 9.88 Å². The Morgan fingerprint density at radius 3 is 2.50 bits per heavy atom. The predicted molar refractivity (Wildman–Crippen MR) is 181 cm³/mol. The van der Waals surface area contributed by atoms with Crippen LogP contribution in [0.2, 0.25) is 5.02 Å². The molecule has 5 aromatic rings.